The zero-order valence-corrected chi connectivity index (χ0v) is 9.45. The maximum absolute atomic E-state index is 11.8. The molecule has 0 aromatic heterocycles. The Hall–Kier alpha value is -1.14. The minimum atomic E-state index is -0.0175. The first kappa shape index (κ1) is 11.9. The van der Waals surface area contributed by atoms with E-state index in [1.165, 1.54) is 0 Å². The largest absolute Gasteiger partial charge is 0.293 e. The smallest absolute Gasteiger partial charge is 0.177 e. The van der Waals surface area contributed by atoms with Crippen LogP contribution in [0, 0.1) is 11.8 Å². The third-order valence-electron chi connectivity index (χ3n) is 3.09. The fourth-order valence-electron chi connectivity index (χ4n) is 2.02. The third kappa shape index (κ3) is 2.90. The molecule has 0 bridgehead atoms. The molecule has 0 radical (unpaired) electrons. The van der Waals surface area contributed by atoms with Gasteiger partial charge in [-0.3, -0.25) is 4.79 Å². The van der Waals surface area contributed by atoms with Gasteiger partial charge >= 0.3 is 0 Å². The summed E-state index contributed by atoms with van der Waals surface area (Å²) in [4.78, 5) is 22.3. The zero-order valence-electron chi connectivity index (χ0n) is 9.45. The Morgan fingerprint density at radius 3 is 2.93 bits per heavy atom. The van der Waals surface area contributed by atoms with Gasteiger partial charge in [0.1, 0.15) is 11.5 Å². The summed E-state index contributed by atoms with van der Waals surface area (Å²) in [7, 11) is 0. The van der Waals surface area contributed by atoms with Crippen molar-refractivity contribution in [2.45, 2.75) is 39.5 Å². The van der Waals surface area contributed by atoms with Crippen molar-refractivity contribution in [1.29, 1.82) is 0 Å². The van der Waals surface area contributed by atoms with E-state index in [9.17, 15) is 9.59 Å². The molecule has 1 rings (SSSR count). The van der Waals surface area contributed by atoms with Gasteiger partial charge in [-0.15, -0.1) is 0 Å². The van der Waals surface area contributed by atoms with Crippen molar-refractivity contribution in [2.75, 3.05) is 0 Å². The lowest BCUT2D eigenvalue weighted by Gasteiger charge is -2.23. The number of hydrogen-bond donors (Lipinski definition) is 0. The van der Waals surface area contributed by atoms with E-state index < -0.39 is 0 Å². The van der Waals surface area contributed by atoms with E-state index >= 15 is 0 Å². The van der Waals surface area contributed by atoms with Crippen LogP contribution in [0.5, 0.6) is 0 Å². The zero-order chi connectivity index (χ0) is 11.3. The molecule has 0 heterocycles. The van der Waals surface area contributed by atoms with E-state index in [1.807, 2.05) is 6.08 Å². The van der Waals surface area contributed by atoms with E-state index in [0.29, 0.717) is 5.92 Å². The second-order valence-corrected chi connectivity index (χ2v) is 4.24. The first-order valence-electron chi connectivity index (χ1n) is 5.66. The molecular formula is C13H18O2. The predicted octanol–water partition coefficient (Wildman–Crippen LogP) is 2.72. The quantitative estimate of drug-likeness (QED) is 0.523. The second kappa shape index (κ2) is 5.67. The number of Topliss-reactive ketones (excluding diaryl/α,β-unsaturated/α-hetero) is 1. The molecule has 1 aliphatic rings. The normalized spacial score (nSPS) is 22.7. The standard InChI is InChI=1S/C13H18O2/c1-3-4-6-10(2)12-8-5-7-11(9-14)13(12)15/h5,7,10,12H,3-4,6,8H2,1-2H3. The van der Waals surface area contributed by atoms with Gasteiger partial charge in [0.05, 0.1) is 0 Å². The molecule has 0 saturated carbocycles. The van der Waals surface area contributed by atoms with E-state index in [4.69, 9.17) is 0 Å². The highest BCUT2D eigenvalue weighted by Crippen LogP contribution is 2.28. The summed E-state index contributed by atoms with van der Waals surface area (Å²) in [6.45, 7) is 4.24. The van der Waals surface area contributed by atoms with Crippen molar-refractivity contribution in [3.63, 3.8) is 0 Å². The summed E-state index contributed by atoms with van der Waals surface area (Å²) in [6, 6.07) is 0. The van der Waals surface area contributed by atoms with Crippen LogP contribution >= 0.6 is 0 Å². The molecule has 1 aliphatic carbocycles. The maximum atomic E-state index is 11.8. The Morgan fingerprint density at radius 2 is 2.33 bits per heavy atom. The van der Waals surface area contributed by atoms with Crippen LogP contribution in [0.4, 0.5) is 0 Å². The van der Waals surface area contributed by atoms with Gasteiger partial charge in [-0.05, 0) is 18.4 Å². The van der Waals surface area contributed by atoms with Gasteiger partial charge in [-0.2, -0.15) is 0 Å². The van der Waals surface area contributed by atoms with Gasteiger partial charge in [0.25, 0.3) is 0 Å². The highest BCUT2D eigenvalue weighted by molar-refractivity contribution is 6.07. The number of ketones is 1. The molecule has 0 N–H and O–H groups in total. The molecule has 0 amide bonds. The molecular weight excluding hydrogens is 188 g/mol. The number of rotatable bonds is 4. The first-order chi connectivity index (χ1) is 7.20. The van der Waals surface area contributed by atoms with Crippen LogP contribution in [-0.2, 0) is 9.59 Å². The number of hydrogen-bond acceptors (Lipinski definition) is 2. The van der Waals surface area contributed by atoms with Crippen molar-refractivity contribution in [2.24, 2.45) is 11.8 Å². The monoisotopic (exact) mass is 206 g/mol. The second-order valence-electron chi connectivity index (χ2n) is 4.24. The number of unbranched alkanes of at least 4 members (excludes halogenated alkanes) is 1. The van der Waals surface area contributed by atoms with Crippen LogP contribution in [0.25, 0.3) is 0 Å². The van der Waals surface area contributed by atoms with E-state index in [2.05, 4.69) is 13.8 Å². The fraction of sp³-hybridized carbons (Fsp3) is 0.615. The summed E-state index contributed by atoms with van der Waals surface area (Å²) in [5.41, 5.74) is 0.217. The minimum Gasteiger partial charge on any atom is -0.293 e. The molecule has 0 aromatic carbocycles. The third-order valence-corrected chi connectivity index (χ3v) is 3.09. The lowest BCUT2D eigenvalue weighted by molar-refractivity contribution is -0.120. The number of carbonyl (C=O) groups excluding carboxylic acids is 2. The average molecular weight is 206 g/mol. The van der Waals surface area contributed by atoms with Crippen LogP contribution in [-0.4, -0.2) is 11.7 Å². The summed E-state index contributed by atoms with van der Waals surface area (Å²) in [5, 5.41) is 0. The summed E-state index contributed by atoms with van der Waals surface area (Å²) >= 11 is 0. The predicted molar refractivity (Wildman–Crippen MR) is 60.1 cm³/mol. The summed E-state index contributed by atoms with van der Waals surface area (Å²) in [5.74, 6) is 2.07. The van der Waals surface area contributed by atoms with Gasteiger partial charge < -0.3 is 0 Å². The Labute approximate surface area is 91.1 Å². The van der Waals surface area contributed by atoms with Crippen LogP contribution in [0.2, 0.25) is 0 Å². The molecule has 0 aliphatic heterocycles. The Bertz CT molecular complexity index is 308. The molecule has 0 aromatic rings. The van der Waals surface area contributed by atoms with E-state index in [0.717, 1.165) is 25.7 Å². The lowest BCUT2D eigenvalue weighted by Crippen LogP contribution is -2.25. The van der Waals surface area contributed by atoms with Gasteiger partial charge in [-0.25, -0.2) is 4.79 Å². The topological polar surface area (TPSA) is 34.1 Å². The van der Waals surface area contributed by atoms with Crippen molar-refractivity contribution in [1.82, 2.24) is 0 Å². The summed E-state index contributed by atoms with van der Waals surface area (Å²) < 4.78 is 0. The van der Waals surface area contributed by atoms with Gasteiger partial charge in [-0.1, -0.05) is 39.2 Å². The molecule has 2 nitrogen and oxygen atoms in total. The minimum absolute atomic E-state index is 0.00185. The van der Waals surface area contributed by atoms with Crippen LogP contribution < -0.4 is 0 Å². The molecule has 0 saturated heterocycles. The summed E-state index contributed by atoms with van der Waals surface area (Å²) in [6.07, 6.45) is 7.64. The van der Waals surface area contributed by atoms with Crippen LogP contribution in [0.15, 0.2) is 17.7 Å². The highest BCUT2D eigenvalue weighted by Gasteiger charge is 2.28. The SMILES string of the molecule is CCCCC(C)C1CC=CC(=C=O)C1=O. The average Bonchev–Trinajstić information content (AvgIpc) is 2.26. The Morgan fingerprint density at radius 1 is 1.60 bits per heavy atom. The molecule has 0 fully saturated rings. The number of carbonyl (C=O) groups is 1. The Balaban J connectivity index is 2.67. The fourth-order valence-corrected chi connectivity index (χ4v) is 2.02. The van der Waals surface area contributed by atoms with Crippen LogP contribution in [0.1, 0.15) is 39.5 Å². The Kier molecular flexibility index (Phi) is 4.51. The van der Waals surface area contributed by atoms with E-state index in [-0.39, 0.29) is 17.3 Å². The molecule has 2 atom stereocenters. The molecule has 2 unspecified atom stereocenters. The van der Waals surface area contributed by atoms with Gasteiger partial charge in [0.15, 0.2) is 5.78 Å². The van der Waals surface area contributed by atoms with Crippen molar-refractivity contribution >= 4 is 11.7 Å². The van der Waals surface area contributed by atoms with Crippen molar-refractivity contribution in [3.8, 4) is 0 Å². The van der Waals surface area contributed by atoms with Crippen molar-refractivity contribution < 1.29 is 9.59 Å². The molecule has 0 spiro atoms. The highest BCUT2D eigenvalue weighted by atomic mass is 16.1. The van der Waals surface area contributed by atoms with E-state index in [1.54, 1.807) is 12.0 Å². The lowest BCUT2D eigenvalue weighted by atomic mass is 9.79. The molecule has 15 heavy (non-hydrogen) atoms. The molecule has 82 valence electrons. The van der Waals surface area contributed by atoms with Crippen LogP contribution in [0.3, 0.4) is 0 Å². The van der Waals surface area contributed by atoms with Gasteiger partial charge in [0, 0.05) is 5.92 Å². The first-order valence-corrected chi connectivity index (χ1v) is 5.66. The maximum Gasteiger partial charge on any atom is 0.177 e. The van der Waals surface area contributed by atoms with Gasteiger partial charge in [0.2, 0.25) is 0 Å². The number of allylic oxidation sites excluding steroid dienone is 3. The molecule has 2 heteroatoms. The van der Waals surface area contributed by atoms with Crippen molar-refractivity contribution in [3.05, 3.63) is 17.7 Å².